The van der Waals surface area contributed by atoms with Gasteiger partial charge in [0.05, 0.1) is 33.0 Å². The van der Waals surface area contributed by atoms with Crippen LogP contribution in [0.2, 0.25) is 0 Å². The minimum absolute atomic E-state index is 0.0982. The van der Waals surface area contributed by atoms with Crippen molar-refractivity contribution in [2.24, 2.45) is 0 Å². The second-order valence-electron chi connectivity index (χ2n) is 8.25. The van der Waals surface area contributed by atoms with E-state index < -0.39 is 74.6 Å². The van der Waals surface area contributed by atoms with Gasteiger partial charge in [-0.05, 0) is 17.7 Å². The van der Waals surface area contributed by atoms with Crippen LogP contribution in [0.1, 0.15) is 18.1 Å². The maximum absolute atomic E-state index is 10.6. The molecule has 0 aliphatic carbocycles. The number of ether oxygens (including phenoxy) is 5. The van der Waals surface area contributed by atoms with E-state index in [0.29, 0.717) is 5.56 Å². The number of methoxy groups -OCH3 is 1. The summed E-state index contributed by atoms with van der Waals surface area (Å²) in [5.41, 5.74) is -1.53. The minimum atomic E-state index is -1.98. The number of benzene rings is 1. The largest absolute Gasteiger partial charge is 0.493 e. The molecule has 3 rings (SSSR count). The second-order valence-corrected chi connectivity index (χ2v) is 8.25. The number of aliphatic hydroxyl groups is 8. The quantitative estimate of drug-likeness (QED) is 0.162. The monoisotopic (exact) mass is 492 g/mol. The van der Waals surface area contributed by atoms with Gasteiger partial charge in [-0.1, -0.05) is 6.07 Å². The van der Waals surface area contributed by atoms with Crippen LogP contribution in [0.3, 0.4) is 0 Å². The standard InChI is InChI=1S/C21H32O13/c1-30-13-6-10(11(25)4-5-22)2-3-12(13)32-19-17(16(27)15(26)14(7-23)33-19)34-20-18(28)21(29,8-24)9-31-20/h2-3,6,11,14-20,22-29H,4-5,7-9H2,1H3/t11-,14+,15+,16-,17+,18-,19+,20-,21+/m0/s1. The van der Waals surface area contributed by atoms with E-state index in [4.69, 9.17) is 28.8 Å². The van der Waals surface area contributed by atoms with E-state index in [-0.39, 0.29) is 24.5 Å². The lowest BCUT2D eigenvalue weighted by molar-refractivity contribution is -0.319. The summed E-state index contributed by atoms with van der Waals surface area (Å²) in [7, 11) is 1.35. The Bertz CT molecular complexity index is 794. The molecule has 0 amide bonds. The fraction of sp³-hybridized carbons (Fsp3) is 0.714. The predicted octanol–water partition coefficient (Wildman–Crippen LogP) is -3.25. The van der Waals surface area contributed by atoms with E-state index in [1.807, 2.05) is 0 Å². The fourth-order valence-corrected chi connectivity index (χ4v) is 3.76. The molecule has 0 radical (unpaired) electrons. The molecule has 194 valence electrons. The summed E-state index contributed by atoms with van der Waals surface area (Å²) in [5, 5.41) is 79.4. The van der Waals surface area contributed by atoms with Crippen LogP contribution in [-0.4, -0.2) is 123 Å². The zero-order valence-corrected chi connectivity index (χ0v) is 18.5. The highest BCUT2D eigenvalue weighted by Gasteiger charge is 2.53. The topological polar surface area (TPSA) is 208 Å². The first kappa shape index (κ1) is 27.0. The molecule has 13 heteroatoms. The molecule has 34 heavy (non-hydrogen) atoms. The first-order chi connectivity index (χ1) is 16.2. The first-order valence-corrected chi connectivity index (χ1v) is 10.7. The Hall–Kier alpha value is -1.62. The van der Waals surface area contributed by atoms with Crippen LogP contribution < -0.4 is 9.47 Å². The van der Waals surface area contributed by atoms with Crippen LogP contribution in [0.25, 0.3) is 0 Å². The zero-order valence-electron chi connectivity index (χ0n) is 18.5. The summed E-state index contributed by atoms with van der Waals surface area (Å²) < 4.78 is 27.5. The second kappa shape index (κ2) is 11.4. The van der Waals surface area contributed by atoms with E-state index in [1.54, 1.807) is 0 Å². The summed E-state index contributed by atoms with van der Waals surface area (Å²) in [5.74, 6) is 0.269. The normalized spacial score (nSPS) is 36.9. The van der Waals surface area contributed by atoms with Crippen LogP contribution in [0.15, 0.2) is 18.2 Å². The first-order valence-electron chi connectivity index (χ1n) is 10.7. The van der Waals surface area contributed by atoms with E-state index in [9.17, 15) is 35.7 Å². The van der Waals surface area contributed by atoms with Gasteiger partial charge in [-0.3, -0.25) is 0 Å². The van der Waals surface area contributed by atoms with Gasteiger partial charge in [-0.2, -0.15) is 0 Å². The Morgan fingerprint density at radius 1 is 1.09 bits per heavy atom. The van der Waals surface area contributed by atoms with Gasteiger partial charge in [0.15, 0.2) is 23.9 Å². The number of hydrogen-bond acceptors (Lipinski definition) is 13. The molecule has 2 heterocycles. The van der Waals surface area contributed by atoms with Crippen molar-refractivity contribution >= 4 is 0 Å². The molecule has 13 nitrogen and oxygen atoms in total. The molecule has 1 aromatic carbocycles. The Balaban J connectivity index is 1.84. The van der Waals surface area contributed by atoms with Gasteiger partial charge < -0.3 is 64.5 Å². The molecule has 0 bridgehead atoms. The highest BCUT2D eigenvalue weighted by Crippen LogP contribution is 2.36. The molecule has 2 fully saturated rings. The van der Waals surface area contributed by atoms with Crippen molar-refractivity contribution in [1.82, 2.24) is 0 Å². The van der Waals surface area contributed by atoms with Crippen molar-refractivity contribution in [2.75, 3.05) is 33.5 Å². The highest BCUT2D eigenvalue weighted by molar-refractivity contribution is 5.43. The summed E-state index contributed by atoms with van der Waals surface area (Å²) in [4.78, 5) is 0. The molecule has 8 N–H and O–H groups in total. The van der Waals surface area contributed by atoms with Gasteiger partial charge in [0.25, 0.3) is 0 Å². The van der Waals surface area contributed by atoms with Crippen LogP contribution in [-0.2, 0) is 14.2 Å². The van der Waals surface area contributed by atoms with Gasteiger partial charge >= 0.3 is 0 Å². The third-order valence-electron chi connectivity index (χ3n) is 5.91. The van der Waals surface area contributed by atoms with E-state index >= 15 is 0 Å². The van der Waals surface area contributed by atoms with Crippen molar-refractivity contribution < 1.29 is 64.5 Å². The Labute approximate surface area is 195 Å². The zero-order chi connectivity index (χ0) is 25.0. The lowest BCUT2D eigenvalue weighted by Gasteiger charge is -2.42. The molecule has 2 aliphatic heterocycles. The molecular formula is C21H32O13. The van der Waals surface area contributed by atoms with Gasteiger partial charge in [0, 0.05) is 13.0 Å². The number of aliphatic hydroxyl groups excluding tert-OH is 7. The summed E-state index contributed by atoms with van der Waals surface area (Å²) in [6.07, 6.45) is -11.4. The number of hydrogen-bond donors (Lipinski definition) is 8. The van der Waals surface area contributed by atoms with Crippen molar-refractivity contribution in [3.8, 4) is 11.5 Å². The van der Waals surface area contributed by atoms with Gasteiger partial charge in [0.2, 0.25) is 6.29 Å². The van der Waals surface area contributed by atoms with Crippen molar-refractivity contribution in [2.45, 2.75) is 61.2 Å². The third-order valence-corrected chi connectivity index (χ3v) is 5.91. The van der Waals surface area contributed by atoms with Gasteiger partial charge in [0.1, 0.15) is 30.0 Å². The Kier molecular flexibility index (Phi) is 9.05. The van der Waals surface area contributed by atoms with Gasteiger partial charge in [-0.25, -0.2) is 0 Å². The molecule has 0 unspecified atom stereocenters. The van der Waals surface area contributed by atoms with Crippen LogP contribution >= 0.6 is 0 Å². The molecule has 0 aromatic heterocycles. The molecule has 0 saturated carbocycles. The highest BCUT2D eigenvalue weighted by atomic mass is 16.8. The molecule has 2 saturated heterocycles. The molecule has 0 spiro atoms. The molecule has 9 atom stereocenters. The summed E-state index contributed by atoms with van der Waals surface area (Å²) in [6.45, 7) is -2.13. The van der Waals surface area contributed by atoms with Gasteiger partial charge in [-0.15, -0.1) is 0 Å². The minimum Gasteiger partial charge on any atom is -0.493 e. The lowest BCUT2D eigenvalue weighted by Crippen LogP contribution is -2.62. The fourth-order valence-electron chi connectivity index (χ4n) is 3.76. The average molecular weight is 492 g/mol. The van der Waals surface area contributed by atoms with Crippen LogP contribution in [0.4, 0.5) is 0 Å². The SMILES string of the molecule is COc1cc([C@@H](O)CCO)ccc1O[C@@H]1O[C@H](CO)[C@@H](O)[C@H](O)[C@H]1O[C@@H]1OC[C@](O)(CO)[C@H]1O. The predicted molar refractivity (Wildman–Crippen MR) is 111 cm³/mol. The molecule has 1 aromatic rings. The average Bonchev–Trinajstić information content (AvgIpc) is 3.12. The van der Waals surface area contributed by atoms with Crippen molar-refractivity contribution in [3.05, 3.63) is 23.8 Å². The summed E-state index contributed by atoms with van der Waals surface area (Å²) >= 11 is 0. The number of rotatable bonds is 10. The van der Waals surface area contributed by atoms with E-state index in [2.05, 4.69) is 0 Å². The van der Waals surface area contributed by atoms with Crippen molar-refractivity contribution in [3.63, 3.8) is 0 Å². The Morgan fingerprint density at radius 3 is 2.41 bits per heavy atom. The maximum Gasteiger partial charge on any atom is 0.229 e. The third kappa shape index (κ3) is 5.45. The maximum atomic E-state index is 10.6. The van der Waals surface area contributed by atoms with E-state index in [0.717, 1.165) is 0 Å². The van der Waals surface area contributed by atoms with E-state index in [1.165, 1.54) is 25.3 Å². The molecular weight excluding hydrogens is 460 g/mol. The molecule has 2 aliphatic rings. The van der Waals surface area contributed by atoms with Crippen molar-refractivity contribution in [1.29, 1.82) is 0 Å². The Morgan fingerprint density at radius 2 is 1.82 bits per heavy atom. The summed E-state index contributed by atoms with van der Waals surface area (Å²) in [6, 6.07) is 4.46. The van der Waals surface area contributed by atoms with Crippen LogP contribution in [0.5, 0.6) is 11.5 Å². The lowest BCUT2D eigenvalue weighted by atomic mass is 9.98. The van der Waals surface area contributed by atoms with Crippen LogP contribution in [0, 0.1) is 0 Å². The smallest absolute Gasteiger partial charge is 0.229 e.